The molecule has 0 radical (unpaired) electrons. The first kappa shape index (κ1) is 14.8. The molecule has 0 saturated heterocycles. The first-order valence-corrected chi connectivity index (χ1v) is 7.49. The molecular formula is C11H8BrFN2O4S. The fourth-order valence-corrected chi connectivity index (χ4v) is 2.66. The number of aliphatic hydroxyl groups excluding tert-OH is 1. The zero-order chi connectivity index (χ0) is 14.9. The normalized spacial score (nSPS) is 16.9. The largest absolute Gasteiger partial charge is 0.388 e. The highest BCUT2D eigenvalue weighted by Gasteiger charge is 2.23. The minimum Gasteiger partial charge on any atom is -0.388 e. The van der Waals surface area contributed by atoms with Crippen molar-refractivity contribution in [2.45, 2.75) is 0 Å². The van der Waals surface area contributed by atoms with Gasteiger partial charge in [-0.15, -0.1) is 4.40 Å². The highest BCUT2D eigenvalue weighted by molar-refractivity contribution is 9.10. The molecule has 2 N–H and O–H groups in total. The molecule has 106 valence electrons. The maximum Gasteiger partial charge on any atom is 0.342 e. The molecule has 1 aliphatic heterocycles. The molecule has 1 aliphatic rings. The molecule has 9 heteroatoms. The van der Waals surface area contributed by atoms with Gasteiger partial charge in [0.2, 0.25) is 5.78 Å². The number of allylic oxidation sites excluding steroid dienone is 1. The van der Waals surface area contributed by atoms with E-state index in [1.807, 2.05) is 4.72 Å². The second kappa shape index (κ2) is 5.43. The van der Waals surface area contributed by atoms with E-state index < -0.39 is 28.4 Å². The predicted octanol–water partition coefficient (Wildman–Crippen LogP) is 0.671. The lowest BCUT2D eigenvalue weighted by molar-refractivity contribution is -0.118. The Labute approximate surface area is 122 Å². The predicted molar refractivity (Wildman–Crippen MR) is 72.9 cm³/mol. The monoisotopic (exact) mass is 362 g/mol. The lowest BCUT2D eigenvalue weighted by Gasteiger charge is -2.14. The summed E-state index contributed by atoms with van der Waals surface area (Å²) in [6, 6.07) is 3.93. The molecule has 0 spiro atoms. The number of ketones is 1. The number of halogens is 2. The summed E-state index contributed by atoms with van der Waals surface area (Å²) < 4.78 is 42.1. The molecule has 2 rings (SSSR count). The van der Waals surface area contributed by atoms with Crippen LogP contribution >= 0.6 is 15.9 Å². The van der Waals surface area contributed by atoms with Gasteiger partial charge >= 0.3 is 10.2 Å². The number of rotatable bonds is 3. The summed E-state index contributed by atoms with van der Waals surface area (Å²) in [4.78, 5) is 11.4. The van der Waals surface area contributed by atoms with Crippen molar-refractivity contribution in [1.82, 2.24) is 4.72 Å². The number of benzene rings is 1. The molecule has 0 amide bonds. The summed E-state index contributed by atoms with van der Waals surface area (Å²) >= 11 is 2.97. The van der Waals surface area contributed by atoms with Gasteiger partial charge < -0.3 is 5.11 Å². The number of hydrogen-bond donors (Lipinski definition) is 2. The topological polar surface area (TPSA) is 95.8 Å². The molecule has 1 aromatic rings. The van der Waals surface area contributed by atoms with Crippen LogP contribution in [0.25, 0.3) is 0 Å². The Morgan fingerprint density at radius 1 is 1.45 bits per heavy atom. The van der Waals surface area contributed by atoms with E-state index in [4.69, 9.17) is 5.11 Å². The molecule has 0 aromatic heterocycles. The first-order chi connectivity index (χ1) is 9.32. The molecule has 0 bridgehead atoms. The Morgan fingerprint density at radius 3 is 2.75 bits per heavy atom. The Morgan fingerprint density at radius 2 is 2.15 bits per heavy atom. The van der Waals surface area contributed by atoms with Crippen LogP contribution in [0.3, 0.4) is 0 Å². The number of Topliss-reactive ketones (excluding diaryl/α,β-unsaturated/α-hetero) is 1. The zero-order valence-corrected chi connectivity index (χ0v) is 12.2. The van der Waals surface area contributed by atoms with Crippen LogP contribution < -0.4 is 4.72 Å². The molecule has 6 nitrogen and oxygen atoms in total. The highest BCUT2D eigenvalue weighted by atomic mass is 79.9. The summed E-state index contributed by atoms with van der Waals surface area (Å²) in [5.74, 6) is -1.40. The molecule has 20 heavy (non-hydrogen) atoms. The molecular weight excluding hydrogens is 355 g/mol. The minimum atomic E-state index is -4.10. The Hall–Kier alpha value is -1.58. The van der Waals surface area contributed by atoms with Crippen molar-refractivity contribution in [2.75, 3.05) is 6.61 Å². The van der Waals surface area contributed by atoms with Crippen LogP contribution in [-0.2, 0) is 15.0 Å². The van der Waals surface area contributed by atoms with Gasteiger partial charge in [0.1, 0.15) is 12.4 Å². The van der Waals surface area contributed by atoms with Crippen LogP contribution in [0.1, 0.15) is 5.56 Å². The van der Waals surface area contributed by atoms with Crippen molar-refractivity contribution in [3.05, 3.63) is 45.8 Å². The summed E-state index contributed by atoms with van der Waals surface area (Å²) in [7, 11) is -4.10. The van der Waals surface area contributed by atoms with Crippen LogP contribution in [-0.4, -0.2) is 31.6 Å². The quantitative estimate of drug-likeness (QED) is 0.825. The van der Waals surface area contributed by atoms with Gasteiger partial charge in [-0.25, -0.2) is 4.39 Å². The van der Waals surface area contributed by atoms with Crippen molar-refractivity contribution < 1.29 is 22.7 Å². The van der Waals surface area contributed by atoms with E-state index in [1.54, 1.807) is 0 Å². The van der Waals surface area contributed by atoms with E-state index in [0.29, 0.717) is 0 Å². The van der Waals surface area contributed by atoms with Gasteiger partial charge in [-0.1, -0.05) is 6.07 Å². The highest BCUT2D eigenvalue weighted by Crippen LogP contribution is 2.19. The van der Waals surface area contributed by atoms with Crippen molar-refractivity contribution in [1.29, 1.82) is 0 Å². The van der Waals surface area contributed by atoms with Crippen LogP contribution in [0.2, 0.25) is 0 Å². The molecule has 1 heterocycles. The minimum absolute atomic E-state index is 0.0908. The fraction of sp³-hybridized carbons (Fsp3) is 0.0909. The lowest BCUT2D eigenvalue weighted by atomic mass is 10.1. The van der Waals surface area contributed by atoms with Crippen LogP contribution in [0.4, 0.5) is 4.39 Å². The lowest BCUT2D eigenvalue weighted by Crippen LogP contribution is -2.32. The van der Waals surface area contributed by atoms with Gasteiger partial charge in [0, 0.05) is 5.56 Å². The van der Waals surface area contributed by atoms with Crippen molar-refractivity contribution in [2.24, 2.45) is 4.40 Å². The molecule has 1 aromatic carbocycles. The number of carbonyl (C=O) groups excluding carboxylic acids is 1. The number of hydrogen-bond acceptors (Lipinski definition) is 4. The molecule has 0 aliphatic carbocycles. The van der Waals surface area contributed by atoms with Crippen molar-refractivity contribution in [3.8, 4) is 0 Å². The van der Waals surface area contributed by atoms with E-state index in [-0.39, 0.29) is 21.4 Å². The Bertz CT molecular complexity index is 743. The summed E-state index contributed by atoms with van der Waals surface area (Å²) in [6.07, 6.45) is 1.14. The van der Waals surface area contributed by atoms with E-state index in [0.717, 1.165) is 12.1 Å². The summed E-state index contributed by atoms with van der Waals surface area (Å²) in [6.45, 7) is -0.851. The maximum absolute atomic E-state index is 13.5. The molecule has 0 fully saturated rings. The van der Waals surface area contributed by atoms with Crippen LogP contribution in [0, 0.1) is 5.82 Å². The number of aliphatic hydroxyl groups is 1. The molecule has 0 unspecified atom stereocenters. The second-order valence-electron chi connectivity index (χ2n) is 3.82. The van der Waals surface area contributed by atoms with Gasteiger partial charge in [-0.2, -0.15) is 8.42 Å². The average molecular weight is 363 g/mol. The van der Waals surface area contributed by atoms with E-state index in [9.17, 15) is 17.6 Å². The zero-order valence-electron chi connectivity index (χ0n) is 9.80. The van der Waals surface area contributed by atoms with Gasteiger partial charge in [0.05, 0.1) is 15.9 Å². The van der Waals surface area contributed by atoms with Gasteiger partial charge in [0.25, 0.3) is 0 Å². The third-order valence-electron chi connectivity index (χ3n) is 2.40. The van der Waals surface area contributed by atoms with Crippen molar-refractivity contribution >= 4 is 37.6 Å². The van der Waals surface area contributed by atoms with E-state index >= 15 is 0 Å². The van der Waals surface area contributed by atoms with Crippen LogP contribution in [0.5, 0.6) is 0 Å². The molecule has 0 saturated carbocycles. The third-order valence-corrected chi connectivity index (χ3v) is 3.96. The summed E-state index contributed by atoms with van der Waals surface area (Å²) in [5.41, 5.74) is -0.216. The number of carbonyl (C=O) groups is 1. The Kier molecular flexibility index (Phi) is 4.02. The smallest absolute Gasteiger partial charge is 0.342 e. The fourth-order valence-electron chi connectivity index (χ4n) is 1.50. The van der Waals surface area contributed by atoms with Gasteiger partial charge in [-0.3, -0.25) is 9.52 Å². The Balaban J connectivity index is 2.53. The molecule has 0 atom stereocenters. The average Bonchev–Trinajstić information content (AvgIpc) is 2.39. The number of nitrogens with one attached hydrogen (secondary N) is 1. The van der Waals surface area contributed by atoms with E-state index in [1.165, 1.54) is 12.1 Å². The standard InChI is InChI=1S/C11H8BrFN2O4S/c12-7-2-1-6(3-8(7)13)9-4-10(11(17)5-16)15-20(18,19)14-9/h1-4,15-16H,5H2. The first-order valence-electron chi connectivity index (χ1n) is 5.26. The van der Waals surface area contributed by atoms with Crippen molar-refractivity contribution in [3.63, 3.8) is 0 Å². The van der Waals surface area contributed by atoms with Gasteiger partial charge in [-0.05, 0) is 34.1 Å². The maximum atomic E-state index is 13.5. The SMILES string of the molecule is O=C(CO)C1=CC(c2ccc(Br)c(F)c2)=NS(=O)(=O)N1. The van der Waals surface area contributed by atoms with Gasteiger partial charge in [0.15, 0.2) is 0 Å². The number of nitrogens with zero attached hydrogens (tertiary/aromatic N) is 1. The summed E-state index contributed by atoms with van der Waals surface area (Å²) in [5, 5.41) is 8.76. The van der Waals surface area contributed by atoms with Crippen LogP contribution in [0.15, 0.2) is 38.8 Å². The third kappa shape index (κ3) is 3.11. The van der Waals surface area contributed by atoms with E-state index in [2.05, 4.69) is 20.3 Å². The second-order valence-corrected chi connectivity index (χ2v) is 6.01.